The molecule has 2 aromatic rings. The Morgan fingerprint density at radius 3 is 2.82 bits per heavy atom. The lowest BCUT2D eigenvalue weighted by Crippen LogP contribution is -2.26. The Morgan fingerprint density at radius 1 is 1.29 bits per heavy atom. The highest BCUT2D eigenvalue weighted by Crippen LogP contribution is 2.31. The second-order valence-corrected chi connectivity index (χ2v) is 5.59. The van der Waals surface area contributed by atoms with Gasteiger partial charge in [-0.25, -0.2) is 4.98 Å². The Hall–Kier alpha value is -1.13. The molecule has 0 unspecified atom stereocenters. The molecule has 0 aromatic carbocycles. The van der Waals surface area contributed by atoms with Crippen LogP contribution >= 0.6 is 11.3 Å². The van der Waals surface area contributed by atoms with E-state index in [1.54, 1.807) is 11.3 Å². The Kier molecular flexibility index (Phi) is 2.99. The maximum atomic E-state index is 5.93. The molecule has 2 heterocycles. The number of rotatable bonds is 2. The van der Waals surface area contributed by atoms with E-state index in [1.165, 1.54) is 5.56 Å². The lowest BCUT2D eigenvalue weighted by Gasteiger charge is -2.24. The fraction of sp³-hybridized carbons (Fsp3) is 0.462. The summed E-state index contributed by atoms with van der Waals surface area (Å²) in [6.45, 7) is 0. The van der Waals surface area contributed by atoms with Crippen LogP contribution in [0.15, 0.2) is 23.0 Å². The Morgan fingerprint density at radius 2 is 2.12 bits per heavy atom. The lowest BCUT2D eigenvalue weighted by atomic mass is 9.86. The van der Waals surface area contributed by atoms with Gasteiger partial charge in [0.15, 0.2) is 0 Å². The van der Waals surface area contributed by atoms with Gasteiger partial charge in [-0.2, -0.15) is 11.3 Å². The molecule has 1 saturated carbocycles. The van der Waals surface area contributed by atoms with Crippen LogP contribution in [0.5, 0.6) is 0 Å². The molecule has 90 valence electrons. The third kappa shape index (κ3) is 2.28. The van der Waals surface area contributed by atoms with Crippen molar-refractivity contribution in [3.8, 4) is 11.3 Å². The smallest absolute Gasteiger partial charge is 0.109 e. The Labute approximate surface area is 105 Å². The van der Waals surface area contributed by atoms with Crippen LogP contribution in [-0.4, -0.2) is 16.0 Å². The van der Waals surface area contributed by atoms with Crippen molar-refractivity contribution < 1.29 is 0 Å². The molecule has 17 heavy (non-hydrogen) atoms. The zero-order chi connectivity index (χ0) is 11.7. The third-order valence-electron chi connectivity index (χ3n) is 3.59. The number of nitrogens with one attached hydrogen (secondary N) is 1. The van der Waals surface area contributed by atoms with Crippen LogP contribution in [0.25, 0.3) is 11.3 Å². The summed E-state index contributed by atoms with van der Waals surface area (Å²) >= 11 is 1.72. The first kappa shape index (κ1) is 11.0. The molecule has 0 bridgehead atoms. The summed E-state index contributed by atoms with van der Waals surface area (Å²) in [5.74, 6) is 1.71. The molecule has 0 atom stereocenters. The highest BCUT2D eigenvalue weighted by Gasteiger charge is 2.22. The predicted molar refractivity (Wildman–Crippen MR) is 71.1 cm³/mol. The van der Waals surface area contributed by atoms with Gasteiger partial charge < -0.3 is 10.7 Å². The average Bonchev–Trinajstić information content (AvgIpc) is 3.00. The van der Waals surface area contributed by atoms with Gasteiger partial charge in [-0.05, 0) is 37.1 Å². The summed E-state index contributed by atoms with van der Waals surface area (Å²) in [5.41, 5.74) is 8.30. The molecule has 1 aliphatic rings. The van der Waals surface area contributed by atoms with Gasteiger partial charge in [-0.3, -0.25) is 0 Å². The fourth-order valence-corrected chi connectivity index (χ4v) is 3.16. The van der Waals surface area contributed by atoms with Gasteiger partial charge in [-0.15, -0.1) is 0 Å². The minimum absolute atomic E-state index is 0.401. The Balaban J connectivity index is 1.76. The van der Waals surface area contributed by atoms with Crippen molar-refractivity contribution in [1.82, 2.24) is 9.97 Å². The van der Waals surface area contributed by atoms with Crippen LogP contribution in [0.2, 0.25) is 0 Å². The molecule has 3 rings (SSSR count). The highest BCUT2D eigenvalue weighted by atomic mass is 32.1. The first-order valence-corrected chi connectivity index (χ1v) is 7.10. The molecule has 0 saturated heterocycles. The Bertz CT molecular complexity index is 467. The van der Waals surface area contributed by atoms with E-state index in [2.05, 4.69) is 26.8 Å². The molecule has 0 radical (unpaired) electrons. The van der Waals surface area contributed by atoms with Crippen molar-refractivity contribution in [3.63, 3.8) is 0 Å². The van der Waals surface area contributed by atoms with E-state index in [1.807, 2.05) is 6.20 Å². The highest BCUT2D eigenvalue weighted by molar-refractivity contribution is 7.08. The van der Waals surface area contributed by atoms with Gasteiger partial charge in [0.1, 0.15) is 5.82 Å². The molecule has 3 N–H and O–H groups in total. The second kappa shape index (κ2) is 4.63. The lowest BCUT2D eigenvalue weighted by molar-refractivity contribution is 0.386. The second-order valence-electron chi connectivity index (χ2n) is 4.81. The van der Waals surface area contributed by atoms with Crippen LogP contribution in [-0.2, 0) is 0 Å². The molecule has 0 aliphatic heterocycles. The number of nitrogens with two attached hydrogens (primary N) is 1. The zero-order valence-corrected chi connectivity index (χ0v) is 10.5. The molecule has 2 aromatic heterocycles. The molecular formula is C13H17N3S. The van der Waals surface area contributed by atoms with Gasteiger partial charge in [-0.1, -0.05) is 0 Å². The van der Waals surface area contributed by atoms with Crippen molar-refractivity contribution in [1.29, 1.82) is 0 Å². The molecular weight excluding hydrogens is 230 g/mol. The number of hydrogen-bond donors (Lipinski definition) is 2. The SMILES string of the molecule is NC1CCC(c2ncc(-c3ccsc3)[nH]2)CC1. The van der Waals surface area contributed by atoms with Crippen LogP contribution < -0.4 is 5.73 Å². The molecule has 4 heteroatoms. The van der Waals surface area contributed by atoms with Crippen molar-refractivity contribution in [2.45, 2.75) is 37.6 Å². The number of thiophene rings is 1. The maximum Gasteiger partial charge on any atom is 0.109 e. The number of imidazole rings is 1. The number of aromatic amines is 1. The topological polar surface area (TPSA) is 54.7 Å². The molecule has 3 nitrogen and oxygen atoms in total. The largest absolute Gasteiger partial charge is 0.342 e. The molecule has 0 amide bonds. The van der Waals surface area contributed by atoms with E-state index in [0.717, 1.165) is 37.2 Å². The van der Waals surface area contributed by atoms with Crippen LogP contribution in [0.1, 0.15) is 37.4 Å². The summed E-state index contributed by atoms with van der Waals surface area (Å²) in [7, 11) is 0. The van der Waals surface area contributed by atoms with Crippen LogP contribution in [0.4, 0.5) is 0 Å². The quantitative estimate of drug-likeness (QED) is 0.856. The van der Waals surface area contributed by atoms with Crippen molar-refractivity contribution in [2.75, 3.05) is 0 Å². The first-order chi connectivity index (χ1) is 8.33. The zero-order valence-electron chi connectivity index (χ0n) is 9.73. The number of H-pyrrole nitrogens is 1. The molecule has 1 fully saturated rings. The molecule has 1 aliphatic carbocycles. The van der Waals surface area contributed by atoms with E-state index in [4.69, 9.17) is 5.73 Å². The van der Waals surface area contributed by atoms with Gasteiger partial charge in [0.05, 0.1) is 11.9 Å². The van der Waals surface area contributed by atoms with Gasteiger partial charge in [0, 0.05) is 22.9 Å². The summed E-state index contributed by atoms with van der Waals surface area (Å²) in [6.07, 6.45) is 6.53. The van der Waals surface area contributed by atoms with Crippen LogP contribution in [0.3, 0.4) is 0 Å². The molecule has 0 spiro atoms. The van der Waals surface area contributed by atoms with Crippen LogP contribution in [0, 0.1) is 0 Å². The summed E-state index contributed by atoms with van der Waals surface area (Å²) in [5, 5.41) is 4.24. The van der Waals surface area contributed by atoms with E-state index >= 15 is 0 Å². The van der Waals surface area contributed by atoms with Crippen molar-refractivity contribution >= 4 is 11.3 Å². The van der Waals surface area contributed by atoms with E-state index < -0.39 is 0 Å². The number of nitrogens with zero attached hydrogens (tertiary/aromatic N) is 1. The van der Waals surface area contributed by atoms with E-state index in [-0.39, 0.29) is 0 Å². The number of hydrogen-bond acceptors (Lipinski definition) is 3. The maximum absolute atomic E-state index is 5.93. The van der Waals surface area contributed by atoms with Gasteiger partial charge in [0.2, 0.25) is 0 Å². The summed E-state index contributed by atoms with van der Waals surface area (Å²) in [6, 6.07) is 2.52. The van der Waals surface area contributed by atoms with E-state index in [9.17, 15) is 0 Å². The van der Waals surface area contributed by atoms with Gasteiger partial charge in [0.25, 0.3) is 0 Å². The fourth-order valence-electron chi connectivity index (χ4n) is 2.50. The van der Waals surface area contributed by atoms with Gasteiger partial charge >= 0.3 is 0 Å². The third-order valence-corrected chi connectivity index (χ3v) is 4.27. The predicted octanol–water partition coefficient (Wildman–Crippen LogP) is 3.12. The minimum atomic E-state index is 0.401. The number of aromatic nitrogens is 2. The minimum Gasteiger partial charge on any atom is -0.342 e. The monoisotopic (exact) mass is 247 g/mol. The first-order valence-electron chi connectivity index (χ1n) is 6.16. The average molecular weight is 247 g/mol. The normalized spacial score (nSPS) is 25.0. The summed E-state index contributed by atoms with van der Waals surface area (Å²) in [4.78, 5) is 7.98. The summed E-state index contributed by atoms with van der Waals surface area (Å²) < 4.78 is 0. The standard InChI is InChI=1S/C13H17N3S/c14-11-3-1-9(2-4-11)13-15-7-12(16-13)10-5-6-17-8-10/h5-9,11H,1-4,14H2,(H,15,16). The van der Waals surface area contributed by atoms with E-state index in [0.29, 0.717) is 12.0 Å². The van der Waals surface area contributed by atoms with Crippen molar-refractivity contribution in [2.24, 2.45) is 5.73 Å². The van der Waals surface area contributed by atoms with Crippen molar-refractivity contribution in [3.05, 3.63) is 28.8 Å².